The molecule has 3 aromatic heterocycles. The van der Waals surface area contributed by atoms with Crippen molar-refractivity contribution in [1.82, 2.24) is 25.5 Å². The van der Waals surface area contributed by atoms with Gasteiger partial charge in [-0.2, -0.15) is 5.10 Å². The summed E-state index contributed by atoms with van der Waals surface area (Å²) >= 11 is 13.0. The lowest BCUT2D eigenvalue weighted by Crippen LogP contribution is -2.41. The van der Waals surface area contributed by atoms with Gasteiger partial charge in [0.2, 0.25) is 11.8 Å². The monoisotopic (exact) mass is 573 g/mol. The minimum absolute atomic E-state index is 0.278. The molecule has 1 aliphatic heterocycles. The van der Waals surface area contributed by atoms with E-state index in [9.17, 15) is 4.79 Å². The first-order valence-electron chi connectivity index (χ1n) is 12.7. The molecule has 5 aromatic rings. The summed E-state index contributed by atoms with van der Waals surface area (Å²) in [6.45, 7) is 5.80. The van der Waals surface area contributed by atoms with Crippen LogP contribution >= 0.6 is 23.2 Å². The molecule has 0 aliphatic carbocycles. The molecule has 2 N–H and O–H groups in total. The molecule has 0 fully saturated rings. The maximum absolute atomic E-state index is 13.1. The predicted octanol–water partition coefficient (Wildman–Crippen LogP) is 7.44. The van der Waals surface area contributed by atoms with Crippen molar-refractivity contribution in [2.75, 3.05) is 0 Å². The highest BCUT2D eigenvalue weighted by atomic mass is 35.5. The van der Waals surface area contributed by atoms with Gasteiger partial charge in [-0.1, -0.05) is 41.4 Å². The maximum Gasteiger partial charge on any atom is 0.272 e. The standard InChI is InChI=1S/C30H25Cl2N5O3/c1-16-12-24(37-36-16)27(38)34-25-15-30(2,3)40-29-22(25)14-21(17-4-7-19(31)8-5-17)26(35-29)20-9-6-18(13-23(20)32)28-33-10-11-39-28/h4-14,25H,15H2,1-3H3,(H,34,38)(H,36,37)/t25-/m1/s1. The van der Waals surface area contributed by atoms with Crippen LogP contribution in [0.15, 0.2) is 71.5 Å². The number of nitrogens with one attached hydrogen (secondary N) is 2. The third-order valence-electron chi connectivity index (χ3n) is 6.76. The van der Waals surface area contributed by atoms with Crippen LogP contribution in [0.3, 0.4) is 0 Å². The number of aromatic nitrogens is 4. The lowest BCUT2D eigenvalue weighted by Gasteiger charge is -2.37. The highest BCUT2D eigenvalue weighted by Gasteiger charge is 2.37. The van der Waals surface area contributed by atoms with Gasteiger partial charge in [0.05, 0.1) is 23.0 Å². The van der Waals surface area contributed by atoms with Crippen molar-refractivity contribution in [3.05, 3.63) is 94.1 Å². The van der Waals surface area contributed by atoms with E-state index in [0.717, 1.165) is 27.9 Å². The van der Waals surface area contributed by atoms with Crippen LogP contribution in [0.1, 0.15) is 48.1 Å². The van der Waals surface area contributed by atoms with Crippen LogP contribution in [0.2, 0.25) is 10.0 Å². The second kappa shape index (κ2) is 10.1. The summed E-state index contributed by atoms with van der Waals surface area (Å²) in [5.41, 5.74) is 5.11. The van der Waals surface area contributed by atoms with Crippen molar-refractivity contribution < 1.29 is 13.9 Å². The molecule has 0 bridgehead atoms. The van der Waals surface area contributed by atoms with E-state index in [-0.39, 0.29) is 11.9 Å². The Balaban J connectivity index is 1.49. The average Bonchev–Trinajstić information content (AvgIpc) is 3.60. The topological polar surface area (TPSA) is 106 Å². The van der Waals surface area contributed by atoms with Crippen LogP contribution in [0, 0.1) is 6.92 Å². The number of halogens is 2. The SMILES string of the molecule is Cc1cc(C(=O)N[C@@H]2CC(C)(C)Oc3nc(-c4ccc(-c5ncco5)cc4Cl)c(-c4ccc(Cl)cc4)cc32)n[nH]1. The van der Waals surface area contributed by atoms with Gasteiger partial charge in [0.25, 0.3) is 5.91 Å². The fourth-order valence-electron chi connectivity index (χ4n) is 4.90. The van der Waals surface area contributed by atoms with Crippen LogP contribution in [0.4, 0.5) is 0 Å². The number of pyridine rings is 1. The Morgan fingerprint density at radius 1 is 1.05 bits per heavy atom. The minimum Gasteiger partial charge on any atom is -0.471 e. The summed E-state index contributed by atoms with van der Waals surface area (Å²) in [7, 11) is 0. The van der Waals surface area contributed by atoms with Gasteiger partial charge < -0.3 is 14.5 Å². The molecule has 0 radical (unpaired) electrons. The second-order valence-electron chi connectivity index (χ2n) is 10.3. The number of carbonyl (C=O) groups excluding carboxylic acids is 1. The van der Waals surface area contributed by atoms with Gasteiger partial charge >= 0.3 is 0 Å². The summed E-state index contributed by atoms with van der Waals surface area (Å²) < 4.78 is 11.8. The Bertz CT molecular complexity index is 1710. The Kier molecular flexibility index (Phi) is 6.60. The number of benzene rings is 2. The molecule has 0 saturated carbocycles. The number of amides is 1. The van der Waals surface area contributed by atoms with Gasteiger partial charge in [-0.15, -0.1) is 0 Å². The first-order chi connectivity index (χ1) is 19.2. The van der Waals surface area contributed by atoms with Crippen LogP contribution < -0.4 is 10.1 Å². The van der Waals surface area contributed by atoms with Crippen LogP contribution in [0.25, 0.3) is 33.8 Å². The first kappa shape index (κ1) is 26.1. The molecular weight excluding hydrogens is 549 g/mol. The molecule has 2 aromatic carbocycles. The molecule has 4 heterocycles. The number of hydrogen-bond acceptors (Lipinski definition) is 6. The fourth-order valence-corrected chi connectivity index (χ4v) is 5.30. The molecule has 0 saturated heterocycles. The summed E-state index contributed by atoms with van der Waals surface area (Å²) in [6.07, 6.45) is 3.65. The van der Waals surface area contributed by atoms with Crippen LogP contribution in [-0.2, 0) is 0 Å². The van der Waals surface area contributed by atoms with Gasteiger partial charge in [0, 0.05) is 39.4 Å². The van der Waals surface area contributed by atoms with E-state index in [0.29, 0.717) is 45.2 Å². The molecule has 1 amide bonds. The lowest BCUT2D eigenvalue weighted by molar-refractivity contribution is 0.0571. The number of nitrogens with zero attached hydrogens (tertiary/aromatic N) is 3. The molecule has 0 unspecified atom stereocenters. The fraction of sp³-hybridized carbons (Fsp3) is 0.200. The molecule has 40 heavy (non-hydrogen) atoms. The summed E-state index contributed by atoms with van der Waals surface area (Å²) in [5, 5.41) is 11.2. The van der Waals surface area contributed by atoms with Gasteiger partial charge in [-0.05, 0) is 62.7 Å². The van der Waals surface area contributed by atoms with E-state index >= 15 is 0 Å². The Morgan fingerprint density at radius 3 is 2.50 bits per heavy atom. The van der Waals surface area contributed by atoms with Gasteiger partial charge in [-0.25, -0.2) is 9.97 Å². The summed E-state index contributed by atoms with van der Waals surface area (Å²) in [4.78, 5) is 22.3. The zero-order valence-electron chi connectivity index (χ0n) is 22.0. The quantitative estimate of drug-likeness (QED) is 0.226. The number of H-pyrrole nitrogens is 1. The Labute approximate surface area is 240 Å². The van der Waals surface area contributed by atoms with E-state index in [1.54, 1.807) is 18.3 Å². The minimum atomic E-state index is -0.586. The normalized spacial score (nSPS) is 15.8. The first-order valence-corrected chi connectivity index (χ1v) is 13.4. The summed E-state index contributed by atoms with van der Waals surface area (Å²) in [5.74, 6) is 0.626. The van der Waals surface area contributed by atoms with E-state index in [2.05, 4.69) is 20.5 Å². The van der Waals surface area contributed by atoms with Crippen molar-refractivity contribution in [3.8, 4) is 39.7 Å². The van der Waals surface area contributed by atoms with Crippen molar-refractivity contribution >= 4 is 29.1 Å². The van der Waals surface area contributed by atoms with Crippen molar-refractivity contribution in [2.45, 2.75) is 38.8 Å². The Morgan fingerprint density at radius 2 is 1.82 bits per heavy atom. The smallest absolute Gasteiger partial charge is 0.272 e. The zero-order valence-corrected chi connectivity index (χ0v) is 23.5. The van der Waals surface area contributed by atoms with Gasteiger partial charge in [0.1, 0.15) is 17.6 Å². The number of fused-ring (bicyclic) bond motifs is 1. The molecular formula is C30H25Cl2N5O3. The van der Waals surface area contributed by atoms with Crippen molar-refractivity contribution in [1.29, 1.82) is 0 Å². The average molecular weight is 574 g/mol. The molecule has 0 spiro atoms. The highest BCUT2D eigenvalue weighted by molar-refractivity contribution is 6.33. The van der Waals surface area contributed by atoms with Gasteiger partial charge in [-0.3, -0.25) is 9.89 Å². The lowest BCUT2D eigenvalue weighted by atomic mass is 9.88. The van der Waals surface area contributed by atoms with E-state index in [1.807, 2.05) is 63.2 Å². The number of aryl methyl sites for hydroxylation is 1. The summed E-state index contributed by atoms with van der Waals surface area (Å²) in [6, 6.07) is 16.4. The van der Waals surface area contributed by atoms with Crippen LogP contribution in [-0.4, -0.2) is 31.7 Å². The number of aromatic amines is 1. The van der Waals surface area contributed by atoms with Crippen LogP contribution in [0.5, 0.6) is 5.88 Å². The Hall–Kier alpha value is -4.14. The zero-order chi connectivity index (χ0) is 28.0. The molecule has 10 heteroatoms. The van der Waals surface area contributed by atoms with E-state index < -0.39 is 5.60 Å². The molecule has 6 rings (SSSR count). The number of oxazole rings is 1. The van der Waals surface area contributed by atoms with Crippen molar-refractivity contribution in [3.63, 3.8) is 0 Å². The number of hydrogen-bond donors (Lipinski definition) is 2. The largest absolute Gasteiger partial charge is 0.471 e. The maximum atomic E-state index is 13.1. The third kappa shape index (κ3) is 5.08. The molecule has 1 atom stereocenters. The third-order valence-corrected chi connectivity index (χ3v) is 7.33. The molecule has 202 valence electrons. The number of rotatable bonds is 5. The highest BCUT2D eigenvalue weighted by Crippen LogP contribution is 2.45. The number of ether oxygens (including phenoxy) is 1. The number of carbonyl (C=O) groups is 1. The second-order valence-corrected chi connectivity index (χ2v) is 11.2. The van der Waals surface area contributed by atoms with Crippen molar-refractivity contribution in [2.24, 2.45) is 0 Å². The molecule has 1 aliphatic rings. The van der Waals surface area contributed by atoms with E-state index in [4.69, 9.17) is 37.3 Å². The molecule has 8 nitrogen and oxygen atoms in total. The van der Waals surface area contributed by atoms with E-state index in [1.165, 1.54) is 6.26 Å². The predicted molar refractivity (Wildman–Crippen MR) is 153 cm³/mol. The van der Waals surface area contributed by atoms with Gasteiger partial charge in [0.15, 0.2) is 0 Å².